The van der Waals surface area contributed by atoms with E-state index in [0.717, 1.165) is 17.1 Å². The normalized spacial score (nSPS) is 23.3. The predicted octanol–water partition coefficient (Wildman–Crippen LogP) is 4.07. The minimum Gasteiger partial charge on any atom is -0.462 e. The Bertz CT molecular complexity index is 1390. The quantitative estimate of drug-likeness (QED) is 0.522. The summed E-state index contributed by atoms with van der Waals surface area (Å²) in [6, 6.07) is 2.42. The number of carbonyl (C=O) groups excluding carboxylic acids is 2. The molecule has 210 valence electrons. The monoisotopic (exact) mass is 549 g/mol. The van der Waals surface area contributed by atoms with Gasteiger partial charge in [0, 0.05) is 24.8 Å². The van der Waals surface area contributed by atoms with E-state index in [0.29, 0.717) is 38.8 Å². The number of halogens is 3. The van der Waals surface area contributed by atoms with Crippen LogP contribution in [0.3, 0.4) is 0 Å². The SMILES string of the molecule is CCOC(=O)c1cn([C@H]2CC[C@H](N3CCCOC3=O)CC2)c(=O)n([C@@H]2CCc3c2cccc3C(F)(F)F)c1=O. The van der Waals surface area contributed by atoms with Crippen LogP contribution >= 0.6 is 0 Å². The van der Waals surface area contributed by atoms with Gasteiger partial charge in [0.1, 0.15) is 5.56 Å². The highest BCUT2D eigenvalue weighted by atomic mass is 19.4. The van der Waals surface area contributed by atoms with Crippen molar-refractivity contribution in [2.75, 3.05) is 19.8 Å². The summed E-state index contributed by atoms with van der Waals surface area (Å²) >= 11 is 0. The molecule has 12 heteroatoms. The van der Waals surface area contributed by atoms with Gasteiger partial charge in [0.2, 0.25) is 0 Å². The summed E-state index contributed by atoms with van der Waals surface area (Å²) in [5.74, 6) is -0.892. The van der Waals surface area contributed by atoms with Gasteiger partial charge >= 0.3 is 23.9 Å². The maximum absolute atomic E-state index is 13.8. The van der Waals surface area contributed by atoms with E-state index in [4.69, 9.17) is 9.47 Å². The smallest absolute Gasteiger partial charge is 0.416 e. The number of esters is 1. The van der Waals surface area contributed by atoms with E-state index in [9.17, 15) is 32.3 Å². The van der Waals surface area contributed by atoms with Gasteiger partial charge in [-0.2, -0.15) is 13.2 Å². The fourth-order valence-corrected chi connectivity index (χ4v) is 6.19. The molecule has 0 N–H and O–H groups in total. The summed E-state index contributed by atoms with van der Waals surface area (Å²) in [5.41, 5.74) is -2.36. The Labute approximate surface area is 222 Å². The molecule has 1 aromatic carbocycles. The molecular weight excluding hydrogens is 519 g/mol. The lowest BCUT2D eigenvalue weighted by Gasteiger charge is -2.38. The summed E-state index contributed by atoms with van der Waals surface area (Å²) in [7, 11) is 0. The van der Waals surface area contributed by atoms with Crippen LogP contribution in [-0.2, 0) is 22.1 Å². The molecule has 39 heavy (non-hydrogen) atoms. The Morgan fingerprint density at radius 3 is 2.46 bits per heavy atom. The molecule has 0 radical (unpaired) electrons. The number of ether oxygens (including phenoxy) is 2. The van der Waals surface area contributed by atoms with E-state index < -0.39 is 35.0 Å². The van der Waals surface area contributed by atoms with E-state index >= 15 is 0 Å². The van der Waals surface area contributed by atoms with Gasteiger partial charge in [-0.25, -0.2) is 14.4 Å². The predicted molar refractivity (Wildman–Crippen MR) is 133 cm³/mol. The highest BCUT2D eigenvalue weighted by molar-refractivity contribution is 5.88. The molecular formula is C27H30F3N3O6. The first kappa shape index (κ1) is 27.0. The second-order valence-corrected chi connectivity index (χ2v) is 10.2. The summed E-state index contributed by atoms with van der Waals surface area (Å²) in [6.07, 6.45) is -0.573. The van der Waals surface area contributed by atoms with Gasteiger partial charge in [0.05, 0.1) is 24.8 Å². The standard InChI is InChI=1S/C27H30F3N3O6/c1-2-38-24(35)20-15-32(17-9-7-16(8-10-17)31-13-4-14-39-26(31)37)25(36)33(23(20)34)22-12-11-18-19(22)5-3-6-21(18)27(28,29)30/h3,5-6,15-17,22H,2,4,7-14H2,1H3/t16-,17-,22-/m1/s1. The Morgan fingerprint density at radius 2 is 1.79 bits per heavy atom. The van der Waals surface area contributed by atoms with Crippen LogP contribution in [0.1, 0.15) is 84.6 Å². The molecule has 0 spiro atoms. The zero-order valence-corrected chi connectivity index (χ0v) is 21.5. The first-order valence-electron chi connectivity index (χ1n) is 13.3. The average molecular weight is 550 g/mol. The zero-order valence-electron chi connectivity index (χ0n) is 21.5. The number of hydrogen-bond acceptors (Lipinski definition) is 6. The number of cyclic esters (lactones) is 1. The van der Waals surface area contributed by atoms with Gasteiger partial charge in [-0.3, -0.25) is 13.9 Å². The first-order valence-corrected chi connectivity index (χ1v) is 13.3. The van der Waals surface area contributed by atoms with Crippen LogP contribution in [0.15, 0.2) is 34.0 Å². The van der Waals surface area contributed by atoms with Gasteiger partial charge < -0.3 is 14.4 Å². The minimum atomic E-state index is -4.57. The number of carbonyl (C=O) groups is 2. The zero-order chi connectivity index (χ0) is 27.9. The van der Waals surface area contributed by atoms with Crippen molar-refractivity contribution in [3.05, 3.63) is 67.5 Å². The van der Waals surface area contributed by atoms with Crippen LogP contribution in [0.2, 0.25) is 0 Å². The third-order valence-corrected chi connectivity index (χ3v) is 8.00. The number of rotatable bonds is 5. The van der Waals surface area contributed by atoms with Crippen molar-refractivity contribution in [1.82, 2.24) is 14.0 Å². The molecule has 1 saturated carbocycles. The van der Waals surface area contributed by atoms with Gasteiger partial charge in [-0.1, -0.05) is 12.1 Å². The van der Waals surface area contributed by atoms with Gasteiger partial charge in [-0.15, -0.1) is 0 Å². The van der Waals surface area contributed by atoms with Crippen molar-refractivity contribution >= 4 is 12.1 Å². The molecule has 1 saturated heterocycles. The Balaban J connectivity index is 1.53. The number of nitrogens with zero attached hydrogens (tertiary/aromatic N) is 3. The summed E-state index contributed by atoms with van der Waals surface area (Å²) < 4.78 is 53.5. The molecule has 2 fully saturated rings. The molecule has 5 rings (SSSR count). The molecule has 1 aromatic heterocycles. The minimum absolute atomic E-state index is 0.00957. The fraction of sp³-hybridized carbons (Fsp3) is 0.556. The van der Waals surface area contributed by atoms with Gasteiger partial charge in [0.15, 0.2) is 0 Å². The average Bonchev–Trinajstić information content (AvgIpc) is 3.33. The first-order chi connectivity index (χ1) is 18.6. The molecule has 1 atom stereocenters. The molecule has 0 bridgehead atoms. The lowest BCUT2D eigenvalue weighted by atomic mass is 9.89. The number of aromatic nitrogens is 2. The Hall–Kier alpha value is -3.57. The van der Waals surface area contributed by atoms with Crippen molar-refractivity contribution in [3.8, 4) is 0 Å². The Kier molecular flexibility index (Phi) is 7.30. The van der Waals surface area contributed by atoms with Gasteiger partial charge in [0.25, 0.3) is 5.56 Å². The number of hydrogen-bond donors (Lipinski definition) is 0. The summed E-state index contributed by atoms with van der Waals surface area (Å²) in [4.78, 5) is 53.9. The summed E-state index contributed by atoms with van der Waals surface area (Å²) in [5, 5.41) is 0. The van der Waals surface area contributed by atoms with Crippen LogP contribution in [0.5, 0.6) is 0 Å². The Morgan fingerprint density at radius 1 is 1.08 bits per heavy atom. The molecule has 9 nitrogen and oxygen atoms in total. The molecule has 1 amide bonds. The molecule has 2 aromatic rings. The topological polar surface area (TPSA) is 99.8 Å². The van der Waals surface area contributed by atoms with Crippen molar-refractivity contribution in [2.24, 2.45) is 0 Å². The fourth-order valence-electron chi connectivity index (χ4n) is 6.19. The van der Waals surface area contributed by atoms with Crippen LogP contribution in [0, 0.1) is 0 Å². The van der Waals surface area contributed by atoms with Crippen molar-refractivity contribution in [3.63, 3.8) is 0 Å². The third kappa shape index (κ3) is 4.96. The highest BCUT2D eigenvalue weighted by Crippen LogP contribution is 2.41. The van der Waals surface area contributed by atoms with Crippen LogP contribution < -0.4 is 11.2 Å². The van der Waals surface area contributed by atoms with Crippen LogP contribution in [0.25, 0.3) is 0 Å². The lowest BCUT2D eigenvalue weighted by Crippen LogP contribution is -2.48. The van der Waals surface area contributed by atoms with E-state index in [1.165, 1.54) is 22.9 Å². The van der Waals surface area contributed by atoms with E-state index in [1.54, 1.807) is 11.8 Å². The van der Waals surface area contributed by atoms with Crippen molar-refractivity contribution in [1.29, 1.82) is 0 Å². The number of alkyl halides is 3. The van der Waals surface area contributed by atoms with E-state index in [-0.39, 0.29) is 54.3 Å². The summed E-state index contributed by atoms with van der Waals surface area (Å²) in [6.45, 7) is 2.60. The largest absolute Gasteiger partial charge is 0.462 e. The molecule has 3 aliphatic rings. The number of fused-ring (bicyclic) bond motifs is 1. The molecule has 0 unspecified atom stereocenters. The van der Waals surface area contributed by atoms with Crippen molar-refractivity contribution < 1.29 is 32.2 Å². The second kappa shape index (κ2) is 10.5. The highest BCUT2D eigenvalue weighted by Gasteiger charge is 2.39. The second-order valence-electron chi connectivity index (χ2n) is 10.2. The maximum atomic E-state index is 13.8. The molecule has 2 heterocycles. The maximum Gasteiger partial charge on any atom is 0.416 e. The third-order valence-electron chi connectivity index (χ3n) is 8.00. The molecule has 1 aliphatic heterocycles. The van der Waals surface area contributed by atoms with Gasteiger partial charge in [-0.05, 0) is 69.1 Å². The number of benzene rings is 1. The van der Waals surface area contributed by atoms with Crippen LogP contribution in [-0.4, -0.2) is 51.9 Å². The lowest BCUT2D eigenvalue weighted by molar-refractivity contribution is -0.138. The molecule has 2 aliphatic carbocycles. The van der Waals surface area contributed by atoms with Crippen molar-refractivity contribution in [2.45, 2.75) is 76.2 Å². The van der Waals surface area contributed by atoms with E-state index in [2.05, 4.69) is 0 Å². The van der Waals surface area contributed by atoms with E-state index in [1.807, 2.05) is 0 Å². The van der Waals surface area contributed by atoms with Crippen LogP contribution in [0.4, 0.5) is 18.0 Å². The number of amides is 1.